The van der Waals surface area contributed by atoms with Crippen LogP contribution < -0.4 is 5.32 Å². The number of rotatable bonds is 3. The molecule has 0 amide bonds. The zero-order valence-electron chi connectivity index (χ0n) is 12.9. The van der Waals surface area contributed by atoms with Crippen molar-refractivity contribution >= 4 is 0 Å². The molecule has 0 spiro atoms. The minimum atomic E-state index is -5.09. The van der Waals surface area contributed by atoms with E-state index >= 15 is 0 Å². The molecule has 1 atom stereocenters. The van der Waals surface area contributed by atoms with Gasteiger partial charge in [0.05, 0.1) is 11.1 Å². The SMILES string of the molecule is OCCC1(c2ccc(C(F)(F)F)c(C(F)(F)F)c2)CCCNCC1. The van der Waals surface area contributed by atoms with Gasteiger partial charge in [-0.2, -0.15) is 26.3 Å². The fourth-order valence-corrected chi connectivity index (χ4v) is 3.38. The maximum Gasteiger partial charge on any atom is 0.417 e. The van der Waals surface area contributed by atoms with Crippen molar-refractivity contribution < 1.29 is 31.4 Å². The van der Waals surface area contributed by atoms with Crippen molar-refractivity contribution in [2.75, 3.05) is 19.7 Å². The Labute approximate surface area is 135 Å². The van der Waals surface area contributed by atoms with E-state index in [1.807, 2.05) is 0 Å². The van der Waals surface area contributed by atoms with Gasteiger partial charge in [0, 0.05) is 6.61 Å². The molecule has 2 N–H and O–H groups in total. The van der Waals surface area contributed by atoms with Gasteiger partial charge >= 0.3 is 12.4 Å². The molecule has 136 valence electrons. The van der Waals surface area contributed by atoms with Crippen molar-refractivity contribution in [2.24, 2.45) is 0 Å². The molecule has 1 aromatic rings. The molecule has 1 aromatic carbocycles. The molecule has 8 heteroatoms. The van der Waals surface area contributed by atoms with Crippen molar-refractivity contribution in [1.29, 1.82) is 0 Å². The van der Waals surface area contributed by atoms with Crippen molar-refractivity contribution in [1.82, 2.24) is 5.32 Å². The largest absolute Gasteiger partial charge is 0.417 e. The first-order valence-corrected chi connectivity index (χ1v) is 7.71. The van der Waals surface area contributed by atoms with E-state index in [1.54, 1.807) is 0 Å². The summed E-state index contributed by atoms with van der Waals surface area (Å²) in [6, 6.07) is 2.25. The van der Waals surface area contributed by atoms with Gasteiger partial charge in [-0.25, -0.2) is 0 Å². The summed E-state index contributed by atoms with van der Waals surface area (Å²) in [7, 11) is 0. The van der Waals surface area contributed by atoms with Crippen LogP contribution in [-0.4, -0.2) is 24.8 Å². The molecule has 0 aromatic heterocycles. The van der Waals surface area contributed by atoms with Crippen molar-refractivity contribution in [3.8, 4) is 0 Å². The first-order chi connectivity index (χ1) is 11.1. The summed E-state index contributed by atoms with van der Waals surface area (Å²) in [6.45, 7) is 1.00. The minimum Gasteiger partial charge on any atom is -0.396 e. The van der Waals surface area contributed by atoms with Crippen LogP contribution in [0.25, 0.3) is 0 Å². The van der Waals surface area contributed by atoms with E-state index in [2.05, 4.69) is 5.32 Å². The monoisotopic (exact) mass is 355 g/mol. The van der Waals surface area contributed by atoms with Crippen LogP contribution >= 0.6 is 0 Å². The van der Waals surface area contributed by atoms with Crippen LogP contribution in [0, 0.1) is 0 Å². The van der Waals surface area contributed by atoms with Gasteiger partial charge in [0.1, 0.15) is 0 Å². The van der Waals surface area contributed by atoms with E-state index in [4.69, 9.17) is 0 Å². The Morgan fingerprint density at radius 1 is 0.958 bits per heavy atom. The van der Waals surface area contributed by atoms with E-state index in [9.17, 15) is 31.4 Å². The molecule has 1 fully saturated rings. The summed E-state index contributed by atoms with van der Waals surface area (Å²) < 4.78 is 78.2. The van der Waals surface area contributed by atoms with E-state index in [-0.39, 0.29) is 18.6 Å². The molecule has 1 aliphatic rings. The lowest BCUT2D eigenvalue weighted by molar-refractivity contribution is -0.162. The lowest BCUT2D eigenvalue weighted by Gasteiger charge is -2.34. The standard InChI is InChI=1S/C16H19F6NO/c17-15(18,19)12-3-2-11(10-13(12)16(20,21)22)14(6-9-24)4-1-7-23-8-5-14/h2-3,10,23-24H,1,4-9H2. The molecule has 1 aliphatic heterocycles. The van der Waals surface area contributed by atoms with Gasteiger partial charge < -0.3 is 10.4 Å². The van der Waals surface area contributed by atoms with Crippen LogP contribution in [0.4, 0.5) is 26.3 Å². The Morgan fingerprint density at radius 2 is 1.62 bits per heavy atom. The topological polar surface area (TPSA) is 32.3 Å². The van der Waals surface area contributed by atoms with E-state index < -0.39 is 28.9 Å². The second-order valence-electron chi connectivity index (χ2n) is 6.11. The number of nitrogens with one attached hydrogen (secondary N) is 1. The number of aliphatic hydroxyl groups is 1. The van der Waals surface area contributed by atoms with Gasteiger partial charge in [-0.3, -0.25) is 0 Å². The summed E-state index contributed by atoms with van der Waals surface area (Å²) >= 11 is 0. The van der Waals surface area contributed by atoms with Crippen molar-refractivity contribution in [3.63, 3.8) is 0 Å². The second kappa shape index (κ2) is 6.92. The van der Waals surface area contributed by atoms with E-state index in [1.165, 1.54) is 0 Å². The van der Waals surface area contributed by atoms with Crippen LogP contribution in [-0.2, 0) is 17.8 Å². The molecule has 0 bridgehead atoms. The highest BCUT2D eigenvalue weighted by molar-refractivity contribution is 5.39. The fraction of sp³-hybridized carbons (Fsp3) is 0.625. The Morgan fingerprint density at radius 3 is 2.21 bits per heavy atom. The third-order valence-electron chi connectivity index (χ3n) is 4.62. The van der Waals surface area contributed by atoms with Gasteiger partial charge in [-0.15, -0.1) is 0 Å². The summed E-state index contributed by atoms with van der Waals surface area (Å²) in [5.41, 5.74) is -3.88. The Kier molecular flexibility index (Phi) is 5.49. The molecule has 1 heterocycles. The molecule has 0 aliphatic carbocycles. The van der Waals surface area contributed by atoms with Crippen LogP contribution in [0.1, 0.15) is 42.4 Å². The molecular weight excluding hydrogens is 336 g/mol. The van der Waals surface area contributed by atoms with Gasteiger partial charge in [0.25, 0.3) is 0 Å². The molecule has 0 saturated carbocycles. The third-order valence-corrected chi connectivity index (χ3v) is 4.62. The van der Waals surface area contributed by atoms with Gasteiger partial charge in [-0.1, -0.05) is 6.07 Å². The summed E-state index contributed by atoms with van der Waals surface area (Å²) in [5, 5.41) is 12.5. The van der Waals surface area contributed by atoms with E-state index in [0.717, 1.165) is 6.07 Å². The highest BCUT2D eigenvalue weighted by Gasteiger charge is 2.44. The first kappa shape index (κ1) is 19.1. The number of aliphatic hydroxyl groups excluding tert-OH is 1. The fourth-order valence-electron chi connectivity index (χ4n) is 3.38. The van der Waals surface area contributed by atoms with E-state index in [0.29, 0.717) is 44.5 Å². The maximum atomic E-state index is 13.2. The lowest BCUT2D eigenvalue weighted by Crippen LogP contribution is -2.30. The van der Waals surface area contributed by atoms with Crippen LogP contribution in [0.2, 0.25) is 0 Å². The highest BCUT2D eigenvalue weighted by atomic mass is 19.4. The van der Waals surface area contributed by atoms with Crippen molar-refractivity contribution in [2.45, 2.75) is 43.5 Å². The summed E-state index contributed by atoms with van der Waals surface area (Å²) in [5.74, 6) is 0. The molecule has 0 radical (unpaired) electrons. The maximum absolute atomic E-state index is 13.2. The lowest BCUT2D eigenvalue weighted by atomic mass is 9.71. The quantitative estimate of drug-likeness (QED) is 0.800. The average Bonchev–Trinajstić information content (AvgIpc) is 2.72. The smallest absolute Gasteiger partial charge is 0.396 e. The Hall–Kier alpha value is -1.28. The van der Waals surface area contributed by atoms with Crippen molar-refractivity contribution in [3.05, 3.63) is 34.9 Å². The zero-order valence-corrected chi connectivity index (χ0v) is 12.9. The zero-order chi connectivity index (χ0) is 18.0. The average molecular weight is 355 g/mol. The third kappa shape index (κ3) is 4.03. The molecule has 24 heavy (non-hydrogen) atoms. The minimum absolute atomic E-state index is 0.209. The predicted molar refractivity (Wildman–Crippen MR) is 76.5 cm³/mol. The molecular formula is C16H19F6NO. The normalized spacial score (nSPS) is 23.1. The Bertz CT molecular complexity index is 559. The van der Waals surface area contributed by atoms with Gasteiger partial charge in [-0.05, 0) is 61.9 Å². The molecule has 1 saturated heterocycles. The van der Waals surface area contributed by atoms with Crippen LogP contribution in [0.15, 0.2) is 18.2 Å². The molecule has 2 nitrogen and oxygen atoms in total. The predicted octanol–water partition coefficient (Wildman–Crippen LogP) is 4.12. The molecule has 2 rings (SSSR count). The number of hydrogen-bond acceptors (Lipinski definition) is 2. The second-order valence-corrected chi connectivity index (χ2v) is 6.11. The number of alkyl halides is 6. The highest BCUT2D eigenvalue weighted by Crippen LogP contribution is 2.44. The number of halogens is 6. The summed E-state index contributed by atoms with van der Waals surface area (Å²) in [4.78, 5) is 0. The van der Waals surface area contributed by atoms with Crippen LogP contribution in [0.3, 0.4) is 0 Å². The Balaban J connectivity index is 2.56. The first-order valence-electron chi connectivity index (χ1n) is 7.71. The summed E-state index contributed by atoms with van der Waals surface area (Å²) in [6.07, 6.45) is -8.28. The van der Waals surface area contributed by atoms with Crippen LogP contribution in [0.5, 0.6) is 0 Å². The van der Waals surface area contributed by atoms with Gasteiger partial charge in [0.2, 0.25) is 0 Å². The molecule has 1 unspecified atom stereocenters. The van der Waals surface area contributed by atoms with Gasteiger partial charge in [0.15, 0.2) is 0 Å². The number of benzene rings is 1. The number of hydrogen-bond donors (Lipinski definition) is 2.